The van der Waals surface area contributed by atoms with E-state index in [4.69, 9.17) is 4.28 Å². The molecule has 0 atom stereocenters. The van der Waals surface area contributed by atoms with Crippen molar-refractivity contribution in [2.24, 2.45) is 0 Å². The lowest BCUT2D eigenvalue weighted by molar-refractivity contribution is -0.0155. The Hall–Kier alpha value is -3.29. The summed E-state index contributed by atoms with van der Waals surface area (Å²) in [5.41, 5.74) is 1.14. The van der Waals surface area contributed by atoms with E-state index in [2.05, 4.69) is 6.58 Å². The molecule has 0 saturated heterocycles. The second-order valence-electron chi connectivity index (χ2n) is 5.92. The number of amides is 2. The van der Waals surface area contributed by atoms with Crippen LogP contribution in [0.4, 0.5) is 0 Å². The van der Waals surface area contributed by atoms with Gasteiger partial charge in [-0.2, -0.15) is 8.42 Å². The molecular weight excluding hydrogens is 366 g/mol. The van der Waals surface area contributed by atoms with Crippen LogP contribution in [0.3, 0.4) is 0 Å². The van der Waals surface area contributed by atoms with Gasteiger partial charge in [-0.1, -0.05) is 49.1 Å². The molecule has 0 bridgehead atoms. The normalized spacial score (nSPS) is 13.9. The van der Waals surface area contributed by atoms with Crippen LogP contribution in [-0.2, 0) is 14.4 Å². The van der Waals surface area contributed by atoms with Crippen molar-refractivity contribution in [3.05, 3.63) is 83.9 Å². The highest BCUT2D eigenvalue weighted by Gasteiger charge is 2.37. The van der Waals surface area contributed by atoms with Crippen LogP contribution >= 0.6 is 0 Å². The van der Waals surface area contributed by atoms with Crippen LogP contribution in [0.15, 0.2) is 72.1 Å². The highest BCUT2D eigenvalue weighted by Crippen LogP contribution is 2.31. The van der Waals surface area contributed by atoms with Gasteiger partial charge < -0.3 is 0 Å². The summed E-state index contributed by atoms with van der Waals surface area (Å²) in [7, 11) is -4.37. The summed E-state index contributed by atoms with van der Waals surface area (Å²) < 4.78 is 30.0. The summed E-state index contributed by atoms with van der Waals surface area (Å²) in [6.45, 7) is 3.60. The van der Waals surface area contributed by atoms with Crippen molar-refractivity contribution < 1.29 is 22.3 Å². The third-order valence-corrected chi connectivity index (χ3v) is 5.51. The van der Waals surface area contributed by atoms with Crippen molar-refractivity contribution in [3.8, 4) is 0 Å². The zero-order valence-electron chi connectivity index (χ0n) is 14.0. The minimum atomic E-state index is -4.37. The largest absolute Gasteiger partial charge is 0.318 e. The van der Waals surface area contributed by atoms with Gasteiger partial charge in [0.25, 0.3) is 11.8 Å². The van der Waals surface area contributed by atoms with Crippen LogP contribution in [0, 0.1) is 0 Å². The first kappa shape index (κ1) is 17.1. The smallest absolute Gasteiger partial charge is 0.266 e. The number of hydrogen-bond acceptors (Lipinski definition) is 5. The summed E-state index contributed by atoms with van der Waals surface area (Å²) in [4.78, 5) is 25.3. The number of benzene rings is 3. The lowest BCUT2D eigenvalue weighted by atomic mass is 9.95. The van der Waals surface area contributed by atoms with E-state index in [0.717, 1.165) is 5.56 Å². The number of carbonyl (C=O) groups is 2. The highest BCUT2D eigenvalue weighted by atomic mass is 32.2. The SMILES string of the molecule is C=Cc1ccc(S(=O)(=O)ON2C(=O)c3cccc4cccc(c34)C2=O)cc1. The molecule has 1 aliphatic heterocycles. The van der Waals surface area contributed by atoms with Crippen molar-refractivity contribution in [3.63, 3.8) is 0 Å². The molecule has 0 radical (unpaired) electrons. The average Bonchev–Trinajstić information content (AvgIpc) is 2.69. The minimum absolute atomic E-state index is 0.175. The Labute approximate surface area is 155 Å². The maximum atomic E-state index is 12.7. The van der Waals surface area contributed by atoms with Crippen molar-refractivity contribution in [1.29, 1.82) is 0 Å². The van der Waals surface area contributed by atoms with E-state index in [-0.39, 0.29) is 16.0 Å². The summed E-state index contributed by atoms with van der Waals surface area (Å²) >= 11 is 0. The topological polar surface area (TPSA) is 80.8 Å². The summed E-state index contributed by atoms with van der Waals surface area (Å²) in [5.74, 6) is -1.65. The van der Waals surface area contributed by atoms with Crippen molar-refractivity contribution >= 4 is 38.8 Å². The molecule has 0 aliphatic carbocycles. The zero-order chi connectivity index (χ0) is 19.2. The highest BCUT2D eigenvalue weighted by molar-refractivity contribution is 7.86. The molecule has 27 heavy (non-hydrogen) atoms. The molecule has 0 saturated carbocycles. The summed E-state index contributed by atoms with van der Waals surface area (Å²) in [5, 5.41) is 1.50. The van der Waals surface area contributed by atoms with Gasteiger partial charge in [0.15, 0.2) is 0 Å². The molecule has 6 nitrogen and oxygen atoms in total. The van der Waals surface area contributed by atoms with Crippen LogP contribution in [-0.4, -0.2) is 25.3 Å². The van der Waals surface area contributed by atoms with Crippen LogP contribution in [0.5, 0.6) is 0 Å². The van der Waals surface area contributed by atoms with E-state index in [1.807, 2.05) is 0 Å². The van der Waals surface area contributed by atoms with Crippen LogP contribution < -0.4 is 0 Å². The molecule has 134 valence electrons. The molecule has 0 aromatic heterocycles. The zero-order valence-corrected chi connectivity index (χ0v) is 14.8. The quantitative estimate of drug-likeness (QED) is 0.649. The van der Waals surface area contributed by atoms with Crippen molar-refractivity contribution in [2.75, 3.05) is 0 Å². The molecule has 0 fully saturated rings. The fourth-order valence-corrected chi connectivity index (χ4v) is 3.88. The Kier molecular flexibility index (Phi) is 3.91. The van der Waals surface area contributed by atoms with Gasteiger partial charge in [-0.15, -0.1) is 9.35 Å². The number of hydrogen-bond donors (Lipinski definition) is 0. The van der Waals surface area contributed by atoms with E-state index in [9.17, 15) is 18.0 Å². The molecule has 1 aliphatic rings. The number of imide groups is 1. The van der Waals surface area contributed by atoms with E-state index in [0.29, 0.717) is 15.8 Å². The molecular formula is C20H13NO5S. The maximum Gasteiger partial charge on any atom is 0.318 e. The van der Waals surface area contributed by atoms with Crippen LogP contribution in [0.25, 0.3) is 16.8 Å². The van der Waals surface area contributed by atoms with Gasteiger partial charge in [0, 0.05) is 5.39 Å². The van der Waals surface area contributed by atoms with Crippen molar-refractivity contribution in [1.82, 2.24) is 5.06 Å². The molecule has 7 heteroatoms. The fraction of sp³-hybridized carbons (Fsp3) is 0. The first-order valence-electron chi connectivity index (χ1n) is 8.00. The number of rotatable bonds is 4. The van der Waals surface area contributed by atoms with E-state index in [1.54, 1.807) is 42.5 Å². The lowest BCUT2D eigenvalue weighted by Gasteiger charge is -2.25. The average molecular weight is 379 g/mol. The van der Waals surface area contributed by atoms with Gasteiger partial charge >= 0.3 is 10.1 Å². The molecule has 0 unspecified atom stereocenters. The molecule has 1 heterocycles. The van der Waals surface area contributed by atoms with Crippen LogP contribution in [0.1, 0.15) is 26.3 Å². The first-order valence-corrected chi connectivity index (χ1v) is 9.41. The minimum Gasteiger partial charge on any atom is -0.266 e. The van der Waals surface area contributed by atoms with E-state index < -0.39 is 21.9 Å². The number of nitrogens with zero attached hydrogens (tertiary/aromatic N) is 1. The number of carbonyl (C=O) groups excluding carboxylic acids is 2. The molecule has 4 rings (SSSR count). The van der Waals surface area contributed by atoms with Gasteiger partial charge in [-0.05, 0) is 35.2 Å². The van der Waals surface area contributed by atoms with Gasteiger partial charge in [0.2, 0.25) is 0 Å². The predicted molar refractivity (Wildman–Crippen MR) is 99.3 cm³/mol. The lowest BCUT2D eigenvalue weighted by Crippen LogP contribution is -2.41. The standard InChI is InChI=1S/C20H13NO5S/c1-2-13-9-11-15(12-10-13)27(24,25)26-21-19(22)16-7-3-5-14-6-4-8-17(18(14)16)20(21)23/h2-12H,1H2. The second-order valence-corrected chi connectivity index (χ2v) is 7.44. The number of hydroxylamine groups is 2. The van der Waals surface area contributed by atoms with Gasteiger partial charge in [-0.25, -0.2) is 0 Å². The molecule has 3 aromatic rings. The molecule has 0 N–H and O–H groups in total. The monoisotopic (exact) mass is 379 g/mol. The second kappa shape index (κ2) is 6.15. The van der Waals surface area contributed by atoms with Crippen molar-refractivity contribution in [2.45, 2.75) is 4.90 Å². The van der Waals surface area contributed by atoms with E-state index >= 15 is 0 Å². The third kappa shape index (κ3) is 2.73. The summed E-state index contributed by atoms with van der Waals surface area (Å²) in [6, 6.07) is 15.7. The Bertz CT molecular complexity index is 1160. The molecule has 0 spiro atoms. The van der Waals surface area contributed by atoms with Gasteiger partial charge in [0.1, 0.15) is 0 Å². The maximum absolute atomic E-state index is 12.7. The Morgan fingerprint density at radius 2 is 1.41 bits per heavy atom. The summed E-state index contributed by atoms with van der Waals surface area (Å²) in [6.07, 6.45) is 1.56. The molecule has 3 aromatic carbocycles. The third-order valence-electron chi connectivity index (χ3n) is 4.31. The predicted octanol–water partition coefficient (Wildman–Crippen LogP) is 3.40. The Balaban J connectivity index is 1.76. The van der Waals surface area contributed by atoms with Gasteiger partial charge in [0.05, 0.1) is 16.0 Å². The fourth-order valence-electron chi connectivity index (χ4n) is 2.99. The Morgan fingerprint density at radius 3 is 1.93 bits per heavy atom. The van der Waals surface area contributed by atoms with Crippen LogP contribution in [0.2, 0.25) is 0 Å². The van der Waals surface area contributed by atoms with Gasteiger partial charge in [-0.3, -0.25) is 9.59 Å². The Morgan fingerprint density at radius 1 is 0.852 bits per heavy atom. The molecule has 2 amide bonds. The first-order chi connectivity index (χ1) is 12.9. The van der Waals surface area contributed by atoms with E-state index in [1.165, 1.54) is 24.3 Å².